The maximum Gasteiger partial charge on any atom is 0.0561 e. The van der Waals surface area contributed by atoms with Crippen LogP contribution in [0.3, 0.4) is 0 Å². The van der Waals surface area contributed by atoms with Crippen LogP contribution in [0.5, 0.6) is 0 Å². The van der Waals surface area contributed by atoms with Crippen molar-refractivity contribution >= 4 is 11.3 Å². The Morgan fingerprint density at radius 2 is 2.00 bits per heavy atom. The highest BCUT2D eigenvalue weighted by molar-refractivity contribution is 7.10. The second-order valence-corrected chi connectivity index (χ2v) is 7.29. The third kappa shape index (κ3) is 3.80. The molecular weight excluding hydrogens is 252 g/mol. The van der Waals surface area contributed by atoms with Crippen LogP contribution in [0.25, 0.3) is 0 Å². The van der Waals surface area contributed by atoms with E-state index in [1.807, 2.05) is 11.3 Å². The SMILES string of the molecule is CC1CCCC(C)C1NCC(c1cccs1)N(C)C. The Kier molecular flexibility index (Phi) is 5.43. The van der Waals surface area contributed by atoms with Gasteiger partial charge in [0.05, 0.1) is 6.04 Å². The summed E-state index contributed by atoms with van der Waals surface area (Å²) in [6.45, 7) is 5.87. The highest BCUT2D eigenvalue weighted by Crippen LogP contribution is 2.30. The van der Waals surface area contributed by atoms with Gasteiger partial charge in [-0.05, 0) is 50.2 Å². The average Bonchev–Trinajstić information content (AvgIpc) is 2.86. The van der Waals surface area contributed by atoms with Crippen molar-refractivity contribution in [1.82, 2.24) is 10.2 Å². The lowest BCUT2D eigenvalue weighted by Crippen LogP contribution is -2.45. The van der Waals surface area contributed by atoms with Gasteiger partial charge in [-0.25, -0.2) is 0 Å². The van der Waals surface area contributed by atoms with E-state index in [2.05, 4.69) is 55.7 Å². The number of rotatable bonds is 5. The van der Waals surface area contributed by atoms with Crippen LogP contribution in [0, 0.1) is 11.8 Å². The number of likely N-dealkylation sites (N-methyl/N-ethyl adjacent to an activating group) is 1. The van der Waals surface area contributed by atoms with Gasteiger partial charge in [0.2, 0.25) is 0 Å². The molecule has 0 radical (unpaired) electrons. The topological polar surface area (TPSA) is 15.3 Å². The Balaban J connectivity index is 1.95. The molecule has 3 heteroatoms. The molecule has 2 nitrogen and oxygen atoms in total. The monoisotopic (exact) mass is 280 g/mol. The number of nitrogens with one attached hydrogen (secondary N) is 1. The zero-order chi connectivity index (χ0) is 13.8. The van der Waals surface area contributed by atoms with Crippen LogP contribution in [0.2, 0.25) is 0 Å². The molecule has 108 valence electrons. The minimum Gasteiger partial charge on any atom is -0.312 e. The van der Waals surface area contributed by atoms with Crippen molar-refractivity contribution in [3.8, 4) is 0 Å². The molecule has 1 heterocycles. The smallest absolute Gasteiger partial charge is 0.0561 e. The van der Waals surface area contributed by atoms with Gasteiger partial charge in [-0.15, -0.1) is 11.3 Å². The fraction of sp³-hybridized carbons (Fsp3) is 0.750. The first-order valence-electron chi connectivity index (χ1n) is 7.52. The van der Waals surface area contributed by atoms with E-state index in [1.165, 1.54) is 24.1 Å². The fourth-order valence-electron chi connectivity index (χ4n) is 3.35. The quantitative estimate of drug-likeness (QED) is 0.883. The maximum absolute atomic E-state index is 3.86. The van der Waals surface area contributed by atoms with E-state index in [1.54, 1.807) is 0 Å². The second kappa shape index (κ2) is 6.87. The molecule has 2 rings (SSSR count). The third-order valence-electron chi connectivity index (χ3n) is 4.59. The van der Waals surface area contributed by atoms with E-state index in [9.17, 15) is 0 Å². The Labute approximate surface area is 122 Å². The summed E-state index contributed by atoms with van der Waals surface area (Å²) in [6, 6.07) is 5.60. The van der Waals surface area contributed by atoms with Gasteiger partial charge in [0.25, 0.3) is 0 Å². The first kappa shape index (κ1) is 15.0. The van der Waals surface area contributed by atoms with Crippen molar-refractivity contribution < 1.29 is 0 Å². The second-order valence-electron chi connectivity index (χ2n) is 6.31. The zero-order valence-corrected chi connectivity index (χ0v) is 13.5. The standard InChI is InChI=1S/C16H28N2S/c1-12-7-5-8-13(2)16(12)17-11-14(18(3)4)15-9-6-10-19-15/h6,9-10,12-14,16-17H,5,7-8,11H2,1-4H3. The summed E-state index contributed by atoms with van der Waals surface area (Å²) in [7, 11) is 4.36. The highest BCUT2D eigenvalue weighted by Gasteiger charge is 2.28. The molecule has 19 heavy (non-hydrogen) atoms. The maximum atomic E-state index is 3.86. The molecule has 1 saturated carbocycles. The van der Waals surface area contributed by atoms with E-state index in [-0.39, 0.29) is 0 Å². The molecule has 0 spiro atoms. The van der Waals surface area contributed by atoms with Crippen LogP contribution in [-0.4, -0.2) is 31.6 Å². The summed E-state index contributed by atoms with van der Waals surface area (Å²) < 4.78 is 0. The number of nitrogens with zero attached hydrogens (tertiary/aromatic N) is 1. The fourth-order valence-corrected chi connectivity index (χ4v) is 4.27. The van der Waals surface area contributed by atoms with Crippen LogP contribution in [0.4, 0.5) is 0 Å². The molecule has 1 aromatic heterocycles. The number of hydrogen-bond donors (Lipinski definition) is 1. The van der Waals surface area contributed by atoms with Gasteiger partial charge in [0, 0.05) is 17.5 Å². The van der Waals surface area contributed by atoms with Crippen molar-refractivity contribution in [1.29, 1.82) is 0 Å². The lowest BCUT2D eigenvalue weighted by molar-refractivity contribution is 0.189. The Morgan fingerprint density at radius 3 is 2.53 bits per heavy atom. The molecule has 0 amide bonds. The van der Waals surface area contributed by atoms with E-state index < -0.39 is 0 Å². The third-order valence-corrected chi connectivity index (χ3v) is 5.56. The van der Waals surface area contributed by atoms with Crippen molar-refractivity contribution in [2.75, 3.05) is 20.6 Å². The predicted octanol–water partition coefficient (Wildman–Crippen LogP) is 3.77. The van der Waals surface area contributed by atoms with Gasteiger partial charge in [-0.1, -0.05) is 26.3 Å². The molecule has 1 aliphatic rings. The zero-order valence-electron chi connectivity index (χ0n) is 12.7. The first-order valence-corrected chi connectivity index (χ1v) is 8.40. The largest absolute Gasteiger partial charge is 0.312 e. The molecule has 3 atom stereocenters. The summed E-state index contributed by atoms with van der Waals surface area (Å²) in [4.78, 5) is 3.80. The van der Waals surface area contributed by atoms with Gasteiger partial charge in [0.1, 0.15) is 0 Å². The van der Waals surface area contributed by atoms with Gasteiger partial charge >= 0.3 is 0 Å². The molecule has 0 bridgehead atoms. The van der Waals surface area contributed by atoms with E-state index in [4.69, 9.17) is 0 Å². The number of thiophene rings is 1. The molecule has 0 aromatic carbocycles. The van der Waals surface area contributed by atoms with Crippen molar-refractivity contribution in [2.24, 2.45) is 11.8 Å². The van der Waals surface area contributed by atoms with Crippen molar-refractivity contribution in [3.05, 3.63) is 22.4 Å². The highest BCUT2D eigenvalue weighted by atomic mass is 32.1. The molecular formula is C16H28N2S. The summed E-state index contributed by atoms with van der Waals surface area (Å²) >= 11 is 1.87. The van der Waals surface area contributed by atoms with Crippen LogP contribution < -0.4 is 5.32 Å². The first-order chi connectivity index (χ1) is 9.09. The van der Waals surface area contributed by atoms with Crippen LogP contribution in [0.1, 0.15) is 44.0 Å². The Morgan fingerprint density at radius 1 is 1.32 bits per heavy atom. The van der Waals surface area contributed by atoms with E-state index >= 15 is 0 Å². The van der Waals surface area contributed by atoms with Gasteiger partial charge < -0.3 is 10.2 Å². The van der Waals surface area contributed by atoms with Crippen LogP contribution in [0.15, 0.2) is 17.5 Å². The minimum absolute atomic E-state index is 0.501. The summed E-state index contributed by atoms with van der Waals surface area (Å²) in [5, 5.41) is 6.03. The molecule has 3 unspecified atom stereocenters. The molecule has 0 saturated heterocycles. The number of hydrogen-bond acceptors (Lipinski definition) is 3. The van der Waals surface area contributed by atoms with E-state index in [0.717, 1.165) is 18.4 Å². The average molecular weight is 280 g/mol. The van der Waals surface area contributed by atoms with Crippen LogP contribution in [-0.2, 0) is 0 Å². The van der Waals surface area contributed by atoms with E-state index in [0.29, 0.717) is 12.1 Å². The molecule has 1 aromatic rings. The van der Waals surface area contributed by atoms with Gasteiger partial charge in [0.15, 0.2) is 0 Å². The molecule has 1 fully saturated rings. The molecule has 1 N–H and O–H groups in total. The van der Waals surface area contributed by atoms with Gasteiger partial charge in [-0.2, -0.15) is 0 Å². The lowest BCUT2D eigenvalue weighted by atomic mass is 9.78. The summed E-state index contributed by atoms with van der Waals surface area (Å²) in [5.74, 6) is 1.63. The molecule has 0 aliphatic heterocycles. The lowest BCUT2D eigenvalue weighted by Gasteiger charge is -2.37. The summed E-state index contributed by atoms with van der Waals surface area (Å²) in [5.41, 5.74) is 0. The molecule has 1 aliphatic carbocycles. The van der Waals surface area contributed by atoms with Crippen molar-refractivity contribution in [2.45, 2.75) is 45.2 Å². The minimum atomic E-state index is 0.501. The normalized spacial score (nSPS) is 29.6. The van der Waals surface area contributed by atoms with Crippen LogP contribution >= 0.6 is 11.3 Å². The Bertz CT molecular complexity index is 351. The van der Waals surface area contributed by atoms with Crippen molar-refractivity contribution in [3.63, 3.8) is 0 Å². The summed E-state index contributed by atoms with van der Waals surface area (Å²) in [6.07, 6.45) is 4.17. The van der Waals surface area contributed by atoms with Gasteiger partial charge in [-0.3, -0.25) is 0 Å². The Hall–Kier alpha value is -0.380. The predicted molar refractivity (Wildman–Crippen MR) is 84.7 cm³/mol.